The van der Waals surface area contributed by atoms with E-state index in [0.717, 1.165) is 16.7 Å². The first kappa shape index (κ1) is 11.5. The molecule has 2 rings (SSSR count). The maximum Gasteiger partial charge on any atom is 0.223 e. The third-order valence-electron chi connectivity index (χ3n) is 2.83. The molecule has 0 aliphatic carbocycles. The molecule has 0 saturated carbocycles. The van der Waals surface area contributed by atoms with Crippen LogP contribution in [0.4, 0.5) is 10.3 Å². The maximum atomic E-state index is 13.8. The van der Waals surface area contributed by atoms with Crippen LogP contribution in [-0.4, -0.2) is 17.0 Å². The van der Waals surface area contributed by atoms with Crippen molar-refractivity contribution in [2.75, 3.05) is 12.4 Å². The largest absolute Gasteiger partial charge is 0.357 e. The number of halogens is 1. The minimum absolute atomic E-state index is 0.338. The number of hydrogen-bond donors (Lipinski definition) is 1. The van der Waals surface area contributed by atoms with Gasteiger partial charge in [0.1, 0.15) is 5.69 Å². The summed E-state index contributed by atoms with van der Waals surface area (Å²) in [6.45, 7) is 3.96. The van der Waals surface area contributed by atoms with Crippen LogP contribution in [0.25, 0.3) is 11.3 Å². The molecule has 1 aromatic heterocycles. The van der Waals surface area contributed by atoms with Gasteiger partial charge in [-0.2, -0.15) is 0 Å². The first-order valence-corrected chi connectivity index (χ1v) is 5.40. The average Bonchev–Trinajstić information content (AvgIpc) is 2.34. The quantitative estimate of drug-likeness (QED) is 0.863. The van der Waals surface area contributed by atoms with Crippen LogP contribution in [0, 0.1) is 19.7 Å². The van der Waals surface area contributed by atoms with Gasteiger partial charge < -0.3 is 5.32 Å². The second-order valence-electron chi connectivity index (χ2n) is 3.89. The van der Waals surface area contributed by atoms with Crippen LogP contribution in [0.2, 0.25) is 0 Å². The van der Waals surface area contributed by atoms with Gasteiger partial charge >= 0.3 is 0 Å². The van der Waals surface area contributed by atoms with Crippen LogP contribution in [0.15, 0.2) is 24.4 Å². The predicted octanol–water partition coefficient (Wildman–Crippen LogP) is 2.94. The summed E-state index contributed by atoms with van der Waals surface area (Å²) >= 11 is 0. The number of anilines is 1. The van der Waals surface area contributed by atoms with Crippen LogP contribution < -0.4 is 5.32 Å². The lowest BCUT2D eigenvalue weighted by Gasteiger charge is -2.09. The van der Waals surface area contributed by atoms with E-state index in [1.54, 1.807) is 7.05 Å². The molecule has 1 heterocycles. The highest BCUT2D eigenvalue weighted by molar-refractivity contribution is 5.66. The van der Waals surface area contributed by atoms with E-state index in [0.29, 0.717) is 11.6 Å². The fourth-order valence-electron chi connectivity index (χ4n) is 1.68. The van der Waals surface area contributed by atoms with Crippen LogP contribution in [-0.2, 0) is 0 Å². The highest BCUT2D eigenvalue weighted by Gasteiger charge is 2.11. The zero-order chi connectivity index (χ0) is 12.4. The molecular weight excluding hydrogens is 217 g/mol. The Morgan fingerprint density at radius 2 is 2.00 bits per heavy atom. The van der Waals surface area contributed by atoms with Crippen LogP contribution in [0.3, 0.4) is 0 Å². The van der Waals surface area contributed by atoms with Gasteiger partial charge in [0, 0.05) is 12.6 Å². The summed E-state index contributed by atoms with van der Waals surface area (Å²) in [6, 6.07) is 5.77. The van der Waals surface area contributed by atoms with Crippen molar-refractivity contribution in [2.45, 2.75) is 13.8 Å². The summed E-state index contributed by atoms with van der Waals surface area (Å²) in [5.74, 6) is 0.0139. The molecule has 2 aromatic rings. The van der Waals surface area contributed by atoms with Crippen LogP contribution >= 0.6 is 0 Å². The van der Waals surface area contributed by atoms with E-state index in [4.69, 9.17) is 0 Å². The molecule has 0 radical (unpaired) electrons. The predicted molar refractivity (Wildman–Crippen MR) is 66.4 cm³/mol. The van der Waals surface area contributed by atoms with Gasteiger partial charge in [-0.15, -0.1) is 0 Å². The lowest BCUT2D eigenvalue weighted by Crippen LogP contribution is -2.01. The smallest absolute Gasteiger partial charge is 0.223 e. The molecule has 0 atom stereocenters. The minimum Gasteiger partial charge on any atom is -0.357 e. The van der Waals surface area contributed by atoms with Gasteiger partial charge in [0.2, 0.25) is 5.95 Å². The summed E-state index contributed by atoms with van der Waals surface area (Å²) in [6.07, 6.45) is 1.19. The third kappa shape index (κ3) is 2.11. The van der Waals surface area contributed by atoms with E-state index in [1.165, 1.54) is 6.20 Å². The topological polar surface area (TPSA) is 37.8 Å². The molecule has 0 spiro atoms. The molecule has 88 valence electrons. The average molecular weight is 231 g/mol. The van der Waals surface area contributed by atoms with E-state index >= 15 is 0 Å². The molecular formula is C13H14FN3. The number of rotatable bonds is 2. The van der Waals surface area contributed by atoms with Crippen molar-refractivity contribution in [3.05, 3.63) is 41.3 Å². The van der Waals surface area contributed by atoms with Gasteiger partial charge in [-0.05, 0) is 25.0 Å². The van der Waals surface area contributed by atoms with Crippen molar-refractivity contribution >= 4 is 5.95 Å². The Bertz CT molecular complexity index is 552. The normalized spacial score (nSPS) is 10.4. The summed E-state index contributed by atoms with van der Waals surface area (Å²) in [4.78, 5) is 8.00. The van der Waals surface area contributed by atoms with Gasteiger partial charge in [0.15, 0.2) is 5.82 Å². The molecule has 0 saturated heterocycles. The van der Waals surface area contributed by atoms with Crippen molar-refractivity contribution in [1.82, 2.24) is 9.97 Å². The maximum absolute atomic E-state index is 13.8. The first-order chi connectivity index (χ1) is 8.13. The van der Waals surface area contributed by atoms with Crippen molar-refractivity contribution in [3.63, 3.8) is 0 Å². The zero-order valence-electron chi connectivity index (χ0n) is 10.1. The Balaban J connectivity index is 2.63. The Labute approximate surface area is 99.7 Å². The highest BCUT2D eigenvalue weighted by atomic mass is 19.1. The first-order valence-electron chi connectivity index (χ1n) is 5.40. The number of aryl methyl sites for hydroxylation is 1. The molecule has 17 heavy (non-hydrogen) atoms. The Morgan fingerprint density at radius 3 is 2.71 bits per heavy atom. The molecule has 0 fully saturated rings. The molecule has 4 heteroatoms. The highest BCUT2D eigenvalue weighted by Crippen LogP contribution is 2.26. The van der Waals surface area contributed by atoms with Crippen molar-refractivity contribution in [2.24, 2.45) is 0 Å². The second-order valence-corrected chi connectivity index (χ2v) is 3.89. The SMILES string of the molecule is CNc1ncc(F)c(-c2cccc(C)c2C)n1. The Kier molecular flexibility index (Phi) is 3.04. The van der Waals surface area contributed by atoms with Crippen molar-refractivity contribution in [1.29, 1.82) is 0 Å². The van der Waals surface area contributed by atoms with Gasteiger partial charge in [-0.25, -0.2) is 14.4 Å². The van der Waals surface area contributed by atoms with Crippen molar-refractivity contribution < 1.29 is 4.39 Å². The van der Waals surface area contributed by atoms with Gasteiger partial charge in [-0.1, -0.05) is 18.2 Å². The number of benzene rings is 1. The summed E-state index contributed by atoms with van der Waals surface area (Å²) < 4.78 is 13.8. The number of aromatic nitrogens is 2. The molecule has 0 aliphatic heterocycles. The number of hydrogen-bond acceptors (Lipinski definition) is 3. The van der Waals surface area contributed by atoms with Crippen LogP contribution in [0.5, 0.6) is 0 Å². The van der Waals surface area contributed by atoms with Gasteiger partial charge in [0.25, 0.3) is 0 Å². The number of nitrogens with one attached hydrogen (secondary N) is 1. The Hall–Kier alpha value is -1.97. The molecule has 0 amide bonds. The van der Waals surface area contributed by atoms with Gasteiger partial charge in [0.05, 0.1) is 6.20 Å². The van der Waals surface area contributed by atoms with E-state index in [9.17, 15) is 4.39 Å². The Morgan fingerprint density at radius 1 is 1.24 bits per heavy atom. The summed E-state index contributed by atoms with van der Waals surface area (Å²) in [7, 11) is 1.71. The lowest BCUT2D eigenvalue weighted by atomic mass is 10.0. The summed E-state index contributed by atoms with van der Waals surface area (Å²) in [5, 5.41) is 2.81. The molecule has 0 bridgehead atoms. The fourth-order valence-corrected chi connectivity index (χ4v) is 1.68. The van der Waals surface area contributed by atoms with Crippen molar-refractivity contribution in [3.8, 4) is 11.3 Å². The molecule has 1 N–H and O–H groups in total. The van der Waals surface area contributed by atoms with E-state index in [1.807, 2.05) is 32.0 Å². The third-order valence-corrected chi connectivity index (χ3v) is 2.83. The zero-order valence-corrected chi connectivity index (χ0v) is 10.1. The number of nitrogens with zero attached hydrogens (tertiary/aromatic N) is 2. The standard InChI is InChI=1S/C13H14FN3/c1-8-5-4-6-10(9(8)2)12-11(14)7-16-13(15-3)17-12/h4-7H,1-3H3,(H,15,16,17). The van der Waals surface area contributed by atoms with E-state index in [-0.39, 0.29) is 0 Å². The lowest BCUT2D eigenvalue weighted by molar-refractivity contribution is 0.618. The van der Waals surface area contributed by atoms with Gasteiger partial charge in [-0.3, -0.25) is 0 Å². The van der Waals surface area contributed by atoms with E-state index in [2.05, 4.69) is 15.3 Å². The molecule has 1 aromatic carbocycles. The second kappa shape index (κ2) is 4.49. The molecule has 0 unspecified atom stereocenters. The monoisotopic (exact) mass is 231 g/mol. The molecule has 0 aliphatic rings. The summed E-state index contributed by atoms with van der Waals surface area (Å²) in [5.41, 5.74) is 3.30. The van der Waals surface area contributed by atoms with Crippen LogP contribution in [0.1, 0.15) is 11.1 Å². The minimum atomic E-state index is -0.405. The fraction of sp³-hybridized carbons (Fsp3) is 0.231. The van der Waals surface area contributed by atoms with E-state index < -0.39 is 5.82 Å². The molecule has 3 nitrogen and oxygen atoms in total.